The van der Waals surface area contributed by atoms with Gasteiger partial charge in [0.2, 0.25) is 0 Å². The summed E-state index contributed by atoms with van der Waals surface area (Å²) in [6.07, 6.45) is 3.17. The van der Waals surface area contributed by atoms with E-state index in [0.29, 0.717) is 30.3 Å². The fourth-order valence-electron chi connectivity index (χ4n) is 6.01. The van der Waals surface area contributed by atoms with Gasteiger partial charge in [0.05, 0.1) is 19.3 Å². The van der Waals surface area contributed by atoms with Gasteiger partial charge in [0.25, 0.3) is 0 Å². The number of aliphatic hydroxyl groups excluding tert-OH is 2. The van der Waals surface area contributed by atoms with Crippen molar-refractivity contribution in [2.24, 2.45) is 29.1 Å². The molecular weight excluding hydrogens is 400 g/mol. The molecule has 2 aromatic rings. The van der Waals surface area contributed by atoms with Gasteiger partial charge in [-0.25, -0.2) is 0 Å². The summed E-state index contributed by atoms with van der Waals surface area (Å²) >= 11 is 0. The predicted molar refractivity (Wildman–Crippen MR) is 127 cm³/mol. The molecule has 172 valence electrons. The van der Waals surface area contributed by atoms with Crippen LogP contribution in [0.5, 0.6) is 17.2 Å². The molecule has 2 aliphatic carbocycles. The lowest BCUT2D eigenvalue weighted by atomic mass is 9.50. The van der Waals surface area contributed by atoms with E-state index in [-0.39, 0.29) is 6.61 Å². The molecule has 0 bridgehead atoms. The molecule has 2 aromatic carbocycles. The molecule has 0 amide bonds. The summed E-state index contributed by atoms with van der Waals surface area (Å²) in [5.41, 5.74) is 0.871. The van der Waals surface area contributed by atoms with Crippen molar-refractivity contribution in [3.05, 3.63) is 66.7 Å². The summed E-state index contributed by atoms with van der Waals surface area (Å²) in [5, 5.41) is 20.8. The second-order valence-corrected chi connectivity index (χ2v) is 9.90. The van der Waals surface area contributed by atoms with Crippen molar-refractivity contribution >= 4 is 0 Å². The minimum atomic E-state index is -0.441. The van der Waals surface area contributed by atoms with Crippen molar-refractivity contribution in [1.29, 1.82) is 0 Å². The van der Waals surface area contributed by atoms with Crippen LogP contribution in [0.4, 0.5) is 0 Å². The average Bonchev–Trinajstić information content (AvgIpc) is 2.80. The first-order valence-electron chi connectivity index (χ1n) is 11.8. The van der Waals surface area contributed by atoms with Crippen LogP contribution in [-0.4, -0.2) is 29.5 Å². The summed E-state index contributed by atoms with van der Waals surface area (Å²) in [6.45, 7) is 9.36. The molecule has 0 radical (unpaired) electrons. The number of allylic oxidation sites excluding steroid dienone is 1. The van der Waals surface area contributed by atoms with Crippen molar-refractivity contribution in [3.63, 3.8) is 0 Å². The molecule has 2 fully saturated rings. The Morgan fingerprint density at radius 1 is 1.03 bits per heavy atom. The van der Waals surface area contributed by atoms with Crippen molar-refractivity contribution in [2.45, 2.75) is 45.6 Å². The van der Waals surface area contributed by atoms with Crippen LogP contribution in [0.25, 0.3) is 0 Å². The van der Waals surface area contributed by atoms with Gasteiger partial charge in [-0.2, -0.15) is 0 Å². The van der Waals surface area contributed by atoms with Crippen LogP contribution < -0.4 is 9.47 Å². The van der Waals surface area contributed by atoms with Crippen LogP contribution in [0.1, 0.15) is 39.5 Å². The fraction of sp³-hybridized carbons (Fsp3) is 0.500. The second-order valence-electron chi connectivity index (χ2n) is 9.90. The highest BCUT2D eigenvalue weighted by Gasteiger charge is 2.53. The van der Waals surface area contributed by atoms with Gasteiger partial charge in [-0.1, -0.05) is 44.2 Å². The number of hydrogen-bond acceptors (Lipinski definition) is 4. The van der Waals surface area contributed by atoms with Gasteiger partial charge in [-0.05, 0) is 85.8 Å². The van der Waals surface area contributed by atoms with Gasteiger partial charge in [0.15, 0.2) is 0 Å². The van der Waals surface area contributed by atoms with Gasteiger partial charge in [0.1, 0.15) is 17.2 Å². The molecule has 2 aliphatic rings. The highest BCUT2D eigenvalue weighted by atomic mass is 16.5. The lowest BCUT2D eigenvalue weighted by Gasteiger charge is -2.56. The number of aliphatic hydroxyl groups is 2. The Labute approximate surface area is 191 Å². The normalized spacial score (nSPS) is 32.2. The number of hydrogen-bond donors (Lipinski definition) is 2. The van der Waals surface area contributed by atoms with Crippen LogP contribution >= 0.6 is 0 Å². The average molecular weight is 437 g/mol. The molecule has 0 spiro atoms. The van der Waals surface area contributed by atoms with Gasteiger partial charge in [0, 0.05) is 5.41 Å². The first-order valence-corrected chi connectivity index (χ1v) is 11.8. The smallest absolute Gasteiger partial charge is 0.127 e. The molecular formula is C28H36O4. The maximum absolute atomic E-state index is 10.7. The Bertz CT molecular complexity index is 893. The standard InChI is InChI=1S/C28H36O4/c1-19-9-14-25-27(20(2)17-26(30)28(25,3)18-29)24(19)15-16-31-21-10-12-23(13-11-21)32-22-7-5-4-6-8-22/h4-8,10-13,20,24-27,29-30H,1,9,14-18H2,2-3H3. The molecule has 2 N–H and O–H groups in total. The van der Waals surface area contributed by atoms with Crippen molar-refractivity contribution < 1.29 is 19.7 Å². The summed E-state index contributed by atoms with van der Waals surface area (Å²) in [4.78, 5) is 0. The Kier molecular flexibility index (Phi) is 6.92. The predicted octanol–water partition coefficient (Wildman–Crippen LogP) is 5.85. The first kappa shape index (κ1) is 22.9. The summed E-state index contributed by atoms with van der Waals surface area (Å²) in [5.74, 6) is 3.95. The van der Waals surface area contributed by atoms with E-state index < -0.39 is 11.5 Å². The highest BCUT2D eigenvalue weighted by Crippen LogP contribution is 2.56. The van der Waals surface area contributed by atoms with E-state index >= 15 is 0 Å². The molecule has 32 heavy (non-hydrogen) atoms. The minimum absolute atomic E-state index is 0.0369. The zero-order valence-electron chi connectivity index (χ0n) is 19.2. The fourth-order valence-corrected chi connectivity index (χ4v) is 6.01. The maximum atomic E-state index is 10.7. The van der Waals surface area contributed by atoms with E-state index in [1.807, 2.05) is 54.6 Å². The van der Waals surface area contributed by atoms with Gasteiger partial charge >= 0.3 is 0 Å². The third-order valence-corrected chi connectivity index (χ3v) is 7.93. The molecule has 4 heteroatoms. The van der Waals surface area contributed by atoms with Crippen LogP contribution in [0.3, 0.4) is 0 Å². The number of rotatable bonds is 7. The van der Waals surface area contributed by atoms with Crippen molar-refractivity contribution in [1.82, 2.24) is 0 Å². The van der Waals surface area contributed by atoms with Crippen molar-refractivity contribution in [3.8, 4) is 17.2 Å². The quantitative estimate of drug-likeness (QED) is 0.535. The van der Waals surface area contributed by atoms with Gasteiger partial charge in [-0.3, -0.25) is 0 Å². The van der Waals surface area contributed by atoms with Crippen LogP contribution in [0.2, 0.25) is 0 Å². The summed E-state index contributed by atoms with van der Waals surface area (Å²) in [7, 11) is 0. The Morgan fingerprint density at radius 3 is 2.38 bits per heavy atom. The zero-order chi connectivity index (χ0) is 22.7. The SMILES string of the molecule is C=C1CCC2C(C(C)CC(O)C2(C)CO)C1CCOc1ccc(Oc2ccccc2)cc1. The molecule has 4 rings (SSSR count). The summed E-state index contributed by atoms with van der Waals surface area (Å²) in [6, 6.07) is 17.5. The van der Waals surface area contributed by atoms with Gasteiger partial charge < -0.3 is 19.7 Å². The zero-order valence-corrected chi connectivity index (χ0v) is 19.2. The van der Waals surface area contributed by atoms with Crippen LogP contribution in [-0.2, 0) is 0 Å². The molecule has 0 aliphatic heterocycles. The third kappa shape index (κ3) is 4.57. The lowest BCUT2D eigenvalue weighted by Crippen LogP contribution is -2.55. The molecule has 0 heterocycles. The van der Waals surface area contributed by atoms with E-state index in [1.54, 1.807) is 0 Å². The van der Waals surface area contributed by atoms with Crippen LogP contribution in [0, 0.1) is 29.1 Å². The monoisotopic (exact) mass is 436 g/mol. The number of ether oxygens (including phenoxy) is 2. The van der Waals surface area contributed by atoms with Crippen LogP contribution in [0.15, 0.2) is 66.7 Å². The van der Waals surface area contributed by atoms with E-state index in [2.05, 4.69) is 20.4 Å². The van der Waals surface area contributed by atoms with Crippen molar-refractivity contribution in [2.75, 3.05) is 13.2 Å². The lowest BCUT2D eigenvalue weighted by molar-refractivity contribution is -0.135. The largest absolute Gasteiger partial charge is 0.494 e. The van der Waals surface area contributed by atoms with E-state index in [4.69, 9.17) is 9.47 Å². The Hall–Kier alpha value is -2.30. The molecule has 4 nitrogen and oxygen atoms in total. The van der Waals surface area contributed by atoms with Gasteiger partial charge in [-0.15, -0.1) is 0 Å². The topological polar surface area (TPSA) is 58.9 Å². The Morgan fingerprint density at radius 2 is 1.69 bits per heavy atom. The number of para-hydroxylation sites is 1. The number of fused-ring (bicyclic) bond motifs is 1. The Balaban J connectivity index is 1.37. The van der Waals surface area contributed by atoms with E-state index in [9.17, 15) is 10.2 Å². The maximum Gasteiger partial charge on any atom is 0.127 e. The van der Waals surface area contributed by atoms with E-state index in [0.717, 1.165) is 42.9 Å². The molecule has 0 aromatic heterocycles. The molecule has 6 unspecified atom stereocenters. The summed E-state index contributed by atoms with van der Waals surface area (Å²) < 4.78 is 11.9. The molecule has 2 saturated carbocycles. The number of benzene rings is 2. The molecule has 0 saturated heterocycles. The first-order chi connectivity index (χ1) is 15.4. The molecule has 6 atom stereocenters. The second kappa shape index (κ2) is 9.68. The minimum Gasteiger partial charge on any atom is -0.494 e. The van der Waals surface area contributed by atoms with E-state index in [1.165, 1.54) is 5.57 Å². The third-order valence-electron chi connectivity index (χ3n) is 7.93. The highest BCUT2D eigenvalue weighted by molar-refractivity contribution is 5.35.